The second-order valence-electron chi connectivity index (χ2n) is 5.06. The molecule has 1 saturated heterocycles. The van der Waals surface area contributed by atoms with Gasteiger partial charge in [-0.05, 0) is 23.6 Å². The fourth-order valence-corrected chi connectivity index (χ4v) is 3.20. The summed E-state index contributed by atoms with van der Waals surface area (Å²) in [6, 6.07) is 6.97. The Morgan fingerprint density at radius 2 is 1.96 bits per heavy atom. The molecule has 1 aliphatic rings. The third-order valence-corrected chi connectivity index (χ3v) is 4.49. The lowest BCUT2D eigenvalue weighted by molar-refractivity contribution is 0.0698. The van der Waals surface area contributed by atoms with E-state index in [1.807, 2.05) is 18.2 Å². The molecule has 2 aromatic heterocycles. The lowest BCUT2D eigenvalue weighted by atomic mass is 10.3. The van der Waals surface area contributed by atoms with Crippen molar-refractivity contribution in [3.8, 4) is 0 Å². The molecule has 2 amide bonds. The lowest BCUT2D eigenvalue weighted by Gasteiger charge is -2.35. The van der Waals surface area contributed by atoms with Gasteiger partial charge in [-0.2, -0.15) is 0 Å². The number of nitrogens with one attached hydrogen (secondary N) is 1. The summed E-state index contributed by atoms with van der Waals surface area (Å²) < 4.78 is 0. The summed E-state index contributed by atoms with van der Waals surface area (Å²) in [6.07, 6.45) is 1.75. The topological polar surface area (TPSA) is 85.8 Å². The van der Waals surface area contributed by atoms with Gasteiger partial charge in [0.1, 0.15) is 10.8 Å². The molecule has 120 valence electrons. The fourth-order valence-electron chi connectivity index (χ4n) is 2.43. The van der Waals surface area contributed by atoms with Gasteiger partial charge in [0.2, 0.25) is 0 Å². The van der Waals surface area contributed by atoms with Gasteiger partial charge in [-0.15, -0.1) is 11.3 Å². The number of aromatic carboxylic acids is 1. The number of hydrogen-bond donors (Lipinski definition) is 2. The maximum absolute atomic E-state index is 12.3. The Bertz CT molecular complexity index is 696. The number of urea groups is 1. The van der Waals surface area contributed by atoms with Crippen LogP contribution in [0.2, 0.25) is 0 Å². The highest BCUT2D eigenvalue weighted by Gasteiger charge is 2.23. The summed E-state index contributed by atoms with van der Waals surface area (Å²) >= 11 is 1.21. The summed E-state index contributed by atoms with van der Waals surface area (Å²) in [5, 5.41) is 13.8. The zero-order chi connectivity index (χ0) is 16.2. The largest absolute Gasteiger partial charge is 0.478 e. The molecule has 0 spiro atoms. The summed E-state index contributed by atoms with van der Waals surface area (Å²) in [5.41, 5.74) is 0.121. The number of pyridine rings is 1. The Balaban J connectivity index is 1.58. The number of carbonyl (C=O) groups excluding carboxylic acids is 1. The van der Waals surface area contributed by atoms with Crippen LogP contribution in [-0.4, -0.2) is 53.2 Å². The first-order valence-electron chi connectivity index (χ1n) is 7.18. The molecule has 1 aliphatic heterocycles. The highest BCUT2D eigenvalue weighted by atomic mass is 32.1. The van der Waals surface area contributed by atoms with Crippen molar-refractivity contribution in [2.45, 2.75) is 0 Å². The number of amides is 2. The molecule has 0 aliphatic carbocycles. The van der Waals surface area contributed by atoms with Crippen LogP contribution in [0, 0.1) is 0 Å². The minimum absolute atomic E-state index is 0.121. The van der Waals surface area contributed by atoms with Crippen molar-refractivity contribution in [3.63, 3.8) is 0 Å². The molecule has 3 rings (SSSR count). The number of thiophene rings is 1. The SMILES string of the molecule is O=C(O)c1ccsc1NC(=O)N1CCN(c2ccccn2)CC1. The van der Waals surface area contributed by atoms with Crippen LogP contribution in [-0.2, 0) is 0 Å². The van der Waals surface area contributed by atoms with E-state index in [1.165, 1.54) is 17.4 Å². The van der Waals surface area contributed by atoms with Crippen molar-refractivity contribution in [2.75, 3.05) is 36.4 Å². The van der Waals surface area contributed by atoms with Crippen molar-refractivity contribution in [2.24, 2.45) is 0 Å². The quantitative estimate of drug-likeness (QED) is 0.900. The van der Waals surface area contributed by atoms with Gasteiger partial charge in [0.25, 0.3) is 0 Å². The lowest BCUT2D eigenvalue weighted by Crippen LogP contribution is -2.50. The maximum atomic E-state index is 12.3. The average Bonchev–Trinajstić information content (AvgIpc) is 3.04. The predicted octanol–water partition coefficient (Wildman–Crippen LogP) is 2.20. The van der Waals surface area contributed by atoms with Crippen LogP contribution >= 0.6 is 11.3 Å². The highest BCUT2D eigenvalue weighted by Crippen LogP contribution is 2.23. The van der Waals surface area contributed by atoms with E-state index >= 15 is 0 Å². The van der Waals surface area contributed by atoms with Crippen molar-refractivity contribution < 1.29 is 14.7 Å². The van der Waals surface area contributed by atoms with E-state index in [0.717, 1.165) is 5.82 Å². The molecule has 0 radical (unpaired) electrons. The van der Waals surface area contributed by atoms with Crippen LogP contribution in [0.4, 0.5) is 15.6 Å². The molecule has 23 heavy (non-hydrogen) atoms. The molecular formula is C15H16N4O3S. The molecule has 0 bridgehead atoms. The van der Waals surface area contributed by atoms with E-state index in [-0.39, 0.29) is 11.6 Å². The Kier molecular flexibility index (Phi) is 4.42. The fraction of sp³-hybridized carbons (Fsp3) is 0.267. The number of hydrogen-bond acceptors (Lipinski definition) is 5. The normalized spacial score (nSPS) is 14.6. The van der Waals surface area contributed by atoms with Crippen molar-refractivity contribution in [1.29, 1.82) is 0 Å². The van der Waals surface area contributed by atoms with E-state index in [1.54, 1.807) is 16.5 Å². The molecule has 0 aromatic carbocycles. The molecule has 8 heteroatoms. The molecule has 2 N–H and O–H groups in total. The van der Waals surface area contributed by atoms with Crippen molar-refractivity contribution in [3.05, 3.63) is 41.4 Å². The van der Waals surface area contributed by atoms with Gasteiger partial charge < -0.3 is 14.9 Å². The monoisotopic (exact) mass is 332 g/mol. The number of carboxylic acid groups (broad SMARTS) is 1. The zero-order valence-corrected chi connectivity index (χ0v) is 13.1. The number of piperazine rings is 1. The van der Waals surface area contributed by atoms with Gasteiger partial charge in [0, 0.05) is 32.4 Å². The summed E-state index contributed by atoms with van der Waals surface area (Å²) in [6.45, 7) is 2.52. The summed E-state index contributed by atoms with van der Waals surface area (Å²) in [7, 11) is 0. The standard InChI is InChI=1S/C15H16N4O3S/c20-14(21)11-4-10-23-13(11)17-15(22)19-8-6-18(7-9-19)12-3-1-2-5-16-12/h1-5,10H,6-9H2,(H,17,22)(H,20,21). The molecule has 2 aromatic rings. The third kappa shape index (κ3) is 3.42. The number of aromatic nitrogens is 1. The predicted molar refractivity (Wildman–Crippen MR) is 88.3 cm³/mol. The Labute approximate surface area is 137 Å². The molecule has 7 nitrogen and oxygen atoms in total. The Morgan fingerprint density at radius 1 is 1.17 bits per heavy atom. The van der Waals surface area contributed by atoms with Crippen LogP contribution in [0.1, 0.15) is 10.4 Å². The number of carboxylic acids is 1. The number of rotatable bonds is 3. The van der Waals surface area contributed by atoms with Crippen LogP contribution < -0.4 is 10.2 Å². The minimum atomic E-state index is -1.04. The van der Waals surface area contributed by atoms with Crippen molar-refractivity contribution in [1.82, 2.24) is 9.88 Å². The van der Waals surface area contributed by atoms with E-state index in [2.05, 4.69) is 15.2 Å². The Morgan fingerprint density at radius 3 is 2.61 bits per heavy atom. The van der Waals surface area contributed by atoms with Crippen LogP contribution in [0.5, 0.6) is 0 Å². The number of carbonyl (C=O) groups is 2. The molecule has 0 atom stereocenters. The molecule has 0 unspecified atom stereocenters. The van der Waals surface area contributed by atoms with Gasteiger partial charge in [-0.3, -0.25) is 5.32 Å². The first-order chi connectivity index (χ1) is 11.1. The zero-order valence-electron chi connectivity index (χ0n) is 12.3. The first-order valence-corrected chi connectivity index (χ1v) is 8.06. The summed E-state index contributed by atoms with van der Waals surface area (Å²) in [5.74, 6) is -0.138. The van der Waals surface area contributed by atoms with Gasteiger partial charge in [-0.1, -0.05) is 6.07 Å². The average molecular weight is 332 g/mol. The number of anilines is 2. The van der Waals surface area contributed by atoms with Gasteiger partial charge in [0.05, 0.1) is 5.56 Å². The first kappa shape index (κ1) is 15.3. The molecular weight excluding hydrogens is 316 g/mol. The molecule has 1 fully saturated rings. The molecule has 0 saturated carbocycles. The Hall–Kier alpha value is -2.61. The highest BCUT2D eigenvalue weighted by molar-refractivity contribution is 7.14. The van der Waals surface area contributed by atoms with E-state index < -0.39 is 5.97 Å². The van der Waals surface area contributed by atoms with Gasteiger partial charge >= 0.3 is 12.0 Å². The van der Waals surface area contributed by atoms with E-state index in [0.29, 0.717) is 31.2 Å². The van der Waals surface area contributed by atoms with Crippen LogP contribution in [0.3, 0.4) is 0 Å². The van der Waals surface area contributed by atoms with Crippen molar-refractivity contribution >= 4 is 34.2 Å². The molecule has 3 heterocycles. The third-order valence-electron chi connectivity index (χ3n) is 3.66. The van der Waals surface area contributed by atoms with Crippen LogP contribution in [0.15, 0.2) is 35.8 Å². The smallest absolute Gasteiger partial charge is 0.338 e. The van der Waals surface area contributed by atoms with E-state index in [9.17, 15) is 9.59 Å². The van der Waals surface area contributed by atoms with Gasteiger partial charge in [-0.25, -0.2) is 14.6 Å². The maximum Gasteiger partial charge on any atom is 0.338 e. The van der Waals surface area contributed by atoms with Crippen LogP contribution in [0.25, 0.3) is 0 Å². The number of nitrogens with zero attached hydrogens (tertiary/aromatic N) is 3. The van der Waals surface area contributed by atoms with E-state index in [4.69, 9.17) is 5.11 Å². The second-order valence-corrected chi connectivity index (χ2v) is 5.98. The second kappa shape index (κ2) is 6.66. The summed E-state index contributed by atoms with van der Waals surface area (Å²) in [4.78, 5) is 31.5. The van der Waals surface area contributed by atoms with Gasteiger partial charge in [0.15, 0.2) is 0 Å². The minimum Gasteiger partial charge on any atom is -0.478 e.